The van der Waals surface area contributed by atoms with Gasteiger partial charge in [0.05, 0.1) is 0 Å². The van der Waals surface area contributed by atoms with Gasteiger partial charge in [-0.1, -0.05) is 0 Å². The molecule has 0 spiro atoms. The first-order chi connectivity index (χ1) is 15.8. The summed E-state index contributed by atoms with van der Waals surface area (Å²) < 4.78 is 79.8. The summed E-state index contributed by atoms with van der Waals surface area (Å²) in [4.78, 5) is 31.7. The Morgan fingerprint density at radius 3 is 2.09 bits per heavy atom. The normalized spacial score (nSPS) is 24.5. The molecule has 34 heavy (non-hydrogen) atoms. The third-order valence-corrected chi connectivity index (χ3v) is 5.98. The number of nitrogens with zero attached hydrogens (tertiary/aromatic N) is 3. The van der Waals surface area contributed by atoms with Gasteiger partial charge < -0.3 is 20.7 Å². The summed E-state index contributed by atoms with van der Waals surface area (Å²) in [7, 11) is 0. The van der Waals surface area contributed by atoms with Gasteiger partial charge in [0, 0.05) is 57.1 Å². The number of likely N-dealkylation sites (tertiary alicyclic amines) is 2. The van der Waals surface area contributed by atoms with E-state index in [1.807, 2.05) is 4.90 Å². The first kappa shape index (κ1) is 26.1. The molecule has 3 N–H and O–H groups in total. The Morgan fingerprint density at radius 1 is 1.09 bits per heavy atom. The summed E-state index contributed by atoms with van der Waals surface area (Å²) in [5.74, 6) is -0.624. The summed E-state index contributed by atoms with van der Waals surface area (Å²) in [6.45, 7) is 3.27. The minimum atomic E-state index is -5.76. The molecule has 14 heteroatoms. The van der Waals surface area contributed by atoms with Crippen LogP contribution >= 0.6 is 0 Å². The second kappa shape index (κ2) is 10.0. The number of hydrogen-bond acceptors (Lipinski definition) is 6. The van der Waals surface area contributed by atoms with Crippen LogP contribution < -0.4 is 11.1 Å². The number of amides is 2. The molecule has 8 nitrogen and oxygen atoms in total. The Labute approximate surface area is 192 Å². The van der Waals surface area contributed by atoms with Gasteiger partial charge in [-0.15, -0.1) is 0 Å². The third kappa shape index (κ3) is 6.33. The van der Waals surface area contributed by atoms with Crippen LogP contribution in [0.5, 0.6) is 0 Å². The maximum atomic E-state index is 12.7. The lowest BCUT2D eigenvalue weighted by Gasteiger charge is -2.26. The number of rotatable bonds is 7. The topological polar surface area (TPSA) is 100 Å². The van der Waals surface area contributed by atoms with Gasteiger partial charge in [-0.25, -0.2) is 4.79 Å². The molecular formula is C20H27F6N5O3. The quantitative estimate of drug-likeness (QED) is 0.413. The fraction of sp³-hybridized carbons (Fsp3) is 0.750. The number of carbonyl (C=O) groups is 2. The molecule has 3 fully saturated rings. The van der Waals surface area contributed by atoms with Crippen LogP contribution in [0.4, 0.5) is 31.1 Å². The maximum absolute atomic E-state index is 12.7. The molecule has 2 amide bonds. The smallest absolute Gasteiger partial charge is 0.426 e. The molecule has 192 valence electrons. The van der Waals surface area contributed by atoms with Crippen LogP contribution in [0.3, 0.4) is 0 Å². The Morgan fingerprint density at radius 2 is 1.65 bits per heavy atom. The molecule has 1 aliphatic carbocycles. The first-order valence-electron chi connectivity index (χ1n) is 10.9. The standard InChI is InChI=1S/C20H27F6N5O3/c1-2-28-15(16(32)29-14-3-4-14)11(5-27)6-30-7-12-9-31(10-13(12)8-30)18(33)34-17(19(21,22)23)20(24,25)26/h5,12-14,17H,2-4,6-10,27H2,1H3,(H,29,32). The SMILES string of the molecule is CCN=C(C(=O)NC1CC1)C(=CN)CN1CC2CN(C(=O)OC(C(F)(F)F)C(F)(F)F)CC2C1. The third-order valence-electron chi connectivity index (χ3n) is 5.98. The Hall–Kier alpha value is -2.51. The van der Waals surface area contributed by atoms with Crippen molar-refractivity contribution in [1.82, 2.24) is 15.1 Å². The van der Waals surface area contributed by atoms with Gasteiger partial charge in [0.2, 0.25) is 0 Å². The van der Waals surface area contributed by atoms with Crippen LogP contribution in [0, 0.1) is 11.8 Å². The molecule has 0 aromatic carbocycles. The van der Waals surface area contributed by atoms with Crippen LogP contribution in [0.25, 0.3) is 0 Å². The predicted molar refractivity (Wildman–Crippen MR) is 109 cm³/mol. The summed E-state index contributed by atoms with van der Waals surface area (Å²) >= 11 is 0. The zero-order valence-corrected chi connectivity index (χ0v) is 18.5. The van der Waals surface area contributed by atoms with Crippen LogP contribution in [0.2, 0.25) is 0 Å². The molecule has 2 heterocycles. The van der Waals surface area contributed by atoms with Crippen molar-refractivity contribution >= 4 is 17.7 Å². The number of halogens is 6. The lowest BCUT2D eigenvalue weighted by Crippen LogP contribution is -2.48. The first-order valence-corrected chi connectivity index (χ1v) is 10.9. The van der Waals surface area contributed by atoms with Crippen LogP contribution in [0.1, 0.15) is 19.8 Å². The second-order valence-electron chi connectivity index (χ2n) is 8.73. The number of ether oxygens (including phenoxy) is 1. The highest BCUT2D eigenvalue weighted by molar-refractivity contribution is 6.45. The molecule has 3 rings (SSSR count). The molecule has 1 saturated carbocycles. The second-order valence-corrected chi connectivity index (χ2v) is 8.73. The minimum Gasteiger partial charge on any atom is -0.426 e. The van der Waals surface area contributed by atoms with E-state index in [1.165, 1.54) is 6.20 Å². The van der Waals surface area contributed by atoms with Gasteiger partial charge in [-0.2, -0.15) is 26.3 Å². The molecule has 0 radical (unpaired) electrons. The van der Waals surface area contributed by atoms with Gasteiger partial charge in [-0.3, -0.25) is 14.7 Å². The Bertz CT molecular complexity index is 812. The van der Waals surface area contributed by atoms with Crippen LogP contribution in [-0.4, -0.2) is 91.3 Å². The number of carbonyl (C=O) groups excluding carboxylic acids is 2. The van der Waals surface area contributed by atoms with Crippen molar-refractivity contribution in [3.63, 3.8) is 0 Å². The molecule has 2 aliphatic heterocycles. The van der Waals surface area contributed by atoms with Crippen molar-refractivity contribution in [2.45, 2.75) is 44.3 Å². The number of fused-ring (bicyclic) bond motifs is 1. The van der Waals surface area contributed by atoms with Gasteiger partial charge in [0.15, 0.2) is 0 Å². The van der Waals surface area contributed by atoms with Gasteiger partial charge >= 0.3 is 18.4 Å². The van der Waals surface area contributed by atoms with E-state index in [1.54, 1.807) is 6.92 Å². The van der Waals surface area contributed by atoms with E-state index in [9.17, 15) is 35.9 Å². The molecule has 2 saturated heterocycles. The lowest BCUT2D eigenvalue weighted by molar-refractivity contribution is -0.308. The number of hydrogen-bond donors (Lipinski definition) is 2. The Balaban J connectivity index is 1.56. The average molecular weight is 499 g/mol. The van der Waals surface area contributed by atoms with E-state index in [-0.39, 0.29) is 42.6 Å². The minimum absolute atomic E-state index is 0.0256. The lowest BCUT2D eigenvalue weighted by atomic mass is 10.0. The Kier molecular flexibility index (Phi) is 7.68. The van der Waals surface area contributed by atoms with E-state index in [4.69, 9.17) is 5.73 Å². The molecule has 2 atom stereocenters. The zero-order chi connectivity index (χ0) is 25.3. The molecule has 0 aromatic heterocycles. The fourth-order valence-corrected chi connectivity index (χ4v) is 4.27. The number of nitrogens with two attached hydrogens (primary N) is 1. The van der Waals surface area contributed by atoms with Crippen molar-refractivity contribution in [3.05, 3.63) is 11.8 Å². The summed E-state index contributed by atoms with van der Waals surface area (Å²) in [5, 5.41) is 2.87. The zero-order valence-electron chi connectivity index (χ0n) is 18.5. The summed E-state index contributed by atoms with van der Waals surface area (Å²) in [5.41, 5.74) is 6.52. The summed E-state index contributed by atoms with van der Waals surface area (Å²) in [6.07, 6.45) is -14.2. The number of nitrogens with one attached hydrogen (secondary N) is 1. The maximum Gasteiger partial charge on any atom is 0.434 e. The van der Waals surface area contributed by atoms with Crippen molar-refractivity contribution in [2.75, 3.05) is 39.3 Å². The van der Waals surface area contributed by atoms with Crippen molar-refractivity contribution < 1.29 is 40.7 Å². The number of alkyl halides is 6. The van der Waals surface area contributed by atoms with Crippen molar-refractivity contribution in [2.24, 2.45) is 22.6 Å². The summed E-state index contributed by atoms with van der Waals surface area (Å²) in [6, 6.07) is 0.139. The highest BCUT2D eigenvalue weighted by atomic mass is 19.4. The monoisotopic (exact) mass is 499 g/mol. The molecule has 3 aliphatic rings. The average Bonchev–Trinajstić information content (AvgIpc) is 3.32. The van der Waals surface area contributed by atoms with Gasteiger partial charge in [0.1, 0.15) is 5.71 Å². The van der Waals surface area contributed by atoms with E-state index >= 15 is 0 Å². The number of aliphatic imine (C=N–C) groups is 1. The van der Waals surface area contributed by atoms with Crippen LogP contribution in [-0.2, 0) is 9.53 Å². The van der Waals surface area contributed by atoms with E-state index < -0.39 is 24.5 Å². The fourth-order valence-electron chi connectivity index (χ4n) is 4.27. The van der Waals surface area contributed by atoms with E-state index in [0.717, 1.165) is 17.7 Å². The van der Waals surface area contributed by atoms with Crippen molar-refractivity contribution in [1.29, 1.82) is 0 Å². The predicted octanol–water partition coefficient (Wildman–Crippen LogP) is 2.06. The van der Waals surface area contributed by atoms with Gasteiger partial charge in [0.25, 0.3) is 12.0 Å². The largest absolute Gasteiger partial charge is 0.434 e. The highest BCUT2D eigenvalue weighted by Crippen LogP contribution is 2.37. The molecular weight excluding hydrogens is 472 g/mol. The highest BCUT2D eigenvalue weighted by Gasteiger charge is 2.60. The molecule has 0 bridgehead atoms. The molecule has 2 unspecified atom stereocenters. The molecule has 0 aromatic rings. The van der Waals surface area contributed by atoms with Crippen LogP contribution in [0.15, 0.2) is 16.8 Å². The van der Waals surface area contributed by atoms with E-state index in [0.29, 0.717) is 31.8 Å². The van der Waals surface area contributed by atoms with Gasteiger partial charge in [-0.05, 0) is 31.6 Å². The van der Waals surface area contributed by atoms with E-state index in [2.05, 4.69) is 15.0 Å². The van der Waals surface area contributed by atoms with Crippen molar-refractivity contribution in [3.8, 4) is 0 Å².